The molecule has 11 rings (SSSR count). The number of nitrogens with zero attached hydrogens (tertiary/aromatic N) is 6. The van der Waals surface area contributed by atoms with E-state index < -0.39 is 0 Å². The lowest BCUT2D eigenvalue weighted by atomic mass is 10.0. The largest absolute Gasteiger partial charge is 0.453 e. The van der Waals surface area contributed by atoms with Gasteiger partial charge in [0.15, 0.2) is 16.8 Å². The van der Waals surface area contributed by atoms with Gasteiger partial charge in [-0.1, -0.05) is 72.8 Å². The average molecular weight is 655 g/mol. The van der Waals surface area contributed by atoms with Crippen LogP contribution in [0.25, 0.3) is 99.7 Å². The van der Waals surface area contributed by atoms with Crippen molar-refractivity contribution in [3.63, 3.8) is 0 Å². The number of aromatic nitrogens is 6. The van der Waals surface area contributed by atoms with Crippen molar-refractivity contribution in [3.8, 4) is 33.9 Å². The van der Waals surface area contributed by atoms with Crippen molar-refractivity contribution >= 4 is 65.8 Å². The highest BCUT2D eigenvalue weighted by molar-refractivity contribution is 6.11. The van der Waals surface area contributed by atoms with Gasteiger partial charge in [0.1, 0.15) is 5.52 Å². The molecule has 0 amide bonds. The van der Waals surface area contributed by atoms with Gasteiger partial charge in [-0.25, -0.2) is 4.98 Å². The smallest absolute Gasteiger partial charge is 0.164 e. The van der Waals surface area contributed by atoms with Crippen LogP contribution >= 0.6 is 0 Å². The Bertz CT molecular complexity index is 2930. The summed E-state index contributed by atoms with van der Waals surface area (Å²) in [6.45, 7) is 0. The van der Waals surface area contributed by atoms with Crippen LogP contribution < -0.4 is 0 Å². The summed E-state index contributed by atoms with van der Waals surface area (Å²) in [6, 6.07) is 46.6. The van der Waals surface area contributed by atoms with E-state index in [0.717, 1.165) is 83.4 Å². The molecule has 0 atom stereocenters. The Morgan fingerprint density at radius 2 is 0.961 bits per heavy atom. The first-order valence-corrected chi connectivity index (χ1v) is 16.9. The monoisotopic (exact) mass is 654 g/mol. The Hall–Kier alpha value is -7.12. The van der Waals surface area contributed by atoms with E-state index in [4.69, 9.17) is 19.4 Å². The van der Waals surface area contributed by atoms with E-state index in [1.807, 2.05) is 30.6 Å². The van der Waals surface area contributed by atoms with Crippen molar-refractivity contribution in [2.75, 3.05) is 0 Å². The van der Waals surface area contributed by atoms with Crippen molar-refractivity contribution in [3.05, 3.63) is 158 Å². The average Bonchev–Trinajstić information content (AvgIpc) is 3.85. The topological polar surface area (TPSA) is 74.6 Å². The van der Waals surface area contributed by atoms with Gasteiger partial charge in [0.25, 0.3) is 0 Å². The molecule has 0 saturated carbocycles. The Morgan fingerprint density at radius 1 is 0.412 bits per heavy atom. The first-order chi connectivity index (χ1) is 25.3. The molecule has 0 fully saturated rings. The lowest BCUT2D eigenvalue weighted by Gasteiger charge is -2.08. The summed E-state index contributed by atoms with van der Waals surface area (Å²) in [7, 11) is 0. The molecule has 0 aliphatic heterocycles. The van der Waals surface area contributed by atoms with Crippen LogP contribution in [0.5, 0.6) is 0 Å². The number of pyridine rings is 2. The molecule has 0 radical (unpaired) electrons. The Labute approximate surface area is 290 Å². The number of rotatable bonds is 4. The van der Waals surface area contributed by atoms with Crippen LogP contribution in [-0.2, 0) is 0 Å². The molecule has 0 aliphatic rings. The van der Waals surface area contributed by atoms with Gasteiger partial charge in [0, 0.05) is 61.8 Å². The standard InChI is InChI=1S/C44H26N6O/c1-3-9-29(10-4-1)49-38-14-8-7-13-31(38)32-17-15-27(21-39(32)49)36-23-34-35-24-37(48-26-42(35)51-41(34)25-47-36)28-16-18-33-40(22-28)50(30-11-5-2-6-12-30)44-43(33)45-19-20-46-44/h1-26H. The van der Waals surface area contributed by atoms with Crippen molar-refractivity contribution in [2.45, 2.75) is 0 Å². The summed E-state index contributed by atoms with van der Waals surface area (Å²) in [4.78, 5) is 19.1. The van der Waals surface area contributed by atoms with Crippen LogP contribution in [0.1, 0.15) is 0 Å². The van der Waals surface area contributed by atoms with Gasteiger partial charge in [0.05, 0.1) is 40.3 Å². The molecule has 0 bridgehead atoms. The van der Waals surface area contributed by atoms with Gasteiger partial charge >= 0.3 is 0 Å². The fraction of sp³-hybridized carbons (Fsp3) is 0. The summed E-state index contributed by atoms with van der Waals surface area (Å²) in [5, 5.41) is 5.46. The van der Waals surface area contributed by atoms with Crippen LogP contribution in [0, 0.1) is 0 Å². The minimum atomic E-state index is 0.722. The van der Waals surface area contributed by atoms with Gasteiger partial charge in [0.2, 0.25) is 0 Å². The summed E-state index contributed by atoms with van der Waals surface area (Å²) >= 11 is 0. The Kier molecular flexibility index (Phi) is 5.83. The van der Waals surface area contributed by atoms with Crippen LogP contribution in [-0.4, -0.2) is 29.1 Å². The predicted octanol–water partition coefficient (Wildman–Crippen LogP) is 10.7. The third kappa shape index (κ3) is 4.18. The van der Waals surface area contributed by atoms with E-state index in [9.17, 15) is 0 Å². The minimum absolute atomic E-state index is 0.722. The number of para-hydroxylation sites is 3. The highest BCUT2D eigenvalue weighted by Gasteiger charge is 2.18. The lowest BCUT2D eigenvalue weighted by molar-refractivity contribution is 0.665. The molecule has 7 heteroatoms. The quantitative estimate of drug-likeness (QED) is 0.189. The maximum absolute atomic E-state index is 6.26. The summed E-state index contributed by atoms with van der Waals surface area (Å²) in [5.41, 5.74) is 12.4. The van der Waals surface area contributed by atoms with E-state index in [2.05, 4.69) is 129 Å². The Morgan fingerprint density at radius 3 is 1.65 bits per heavy atom. The zero-order valence-electron chi connectivity index (χ0n) is 27.1. The van der Waals surface area contributed by atoms with Crippen LogP contribution in [0.15, 0.2) is 163 Å². The molecule has 0 saturated heterocycles. The second-order valence-corrected chi connectivity index (χ2v) is 12.8. The lowest BCUT2D eigenvalue weighted by Crippen LogP contribution is -1.95. The van der Waals surface area contributed by atoms with E-state index in [1.54, 1.807) is 12.4 Å². The van der Waals surface area contributed by atoms with Crippen LogP contribution in [0.3, 0.4) is 0 Å². The molecular formula is C44H26N6O. The third-order valence-electron chi connectivity index (χ3n) is 9.92. The van der Waals surface area contributed by atoms with Crippen molar-refractivity contribution in [1.29, 1.82) is 0 Å². The zero-order chi connectivity index (χ0) is 33.5. The third-order valence-corrected chi connectivity index (χ3v) is 9.92. The van der Waals surface area contributed by atoms with Gasteiger partial charge in [-0.3, -0.25) is 19.5 Å². The van der Waals surface area contributed by atoms with Crippen molar-refractivity contribution in [2.24, 2.45) is 0 Å². The van der Waals surface area contributed by atoms with Gasteiger partial charge in [-0.15, -0.1) is 0 Å². The van der Waals surface area contributed by atoms with Gasteiger partial charge in [-0.2, -0.15) is 0 Å². The summed E-state index contributed by atoms with van der Waals surface area (Å²) in [6.07, 6.45) is 7.13. The second-order valence-electron chi connectivity index (χ2n) is 12.8. The normalized spacial score (nSPS) is 11.9. The maximum Gasteiger partial charge on any atom is 0.164 e. The van der Waals surface area contributed by atoms with E-state index in [1.165, 1.54) is 16.3 Å². The first kappa shape index (κ1) is 27.8. The molecule has 238 valence electrons. The van der Waals surface area contributed by atoms with Crippen molar-refractivity contribution in [1.82, 2.24) is 29.1 Å². The van der Waals surface area contributed by atoms with Crippen LogP contribution in [0.2, 0.25) is 0 Å². The highest BCUT2D eigenvalue weighted by Crippen LogP contribution is 2.38. The number of furan rings is 1. The molecular weight excluding hydrogens is 629 g/mol. The SMILES string of the molecule is c1ccc(-n2c3ccccc3c3ccc(-c4cc5c(cn4)oc4cnc(-c6ccc7c8nccnc8n(-c8ccccc8)c7c6)cc45)cc32)cc1. The molecule has 0 spiro atoms. The highest BCUT2D eigenvalue weighted by atomic mass is 16.3. The summed E-state index contributed by atoms with van der Waals surface area (Å²) < 4.78 is 10.8. The molecule has 11 aromatic rings. The molecule has 0 unspecified atom stereocenters. The molecule has 0 aliphatic carbocycles. The second kappa shape index (κ2) is 10.7. The fourth-order valence-electron chi connectivity index (χ4n) is 7.60. The molecule has 5 aromatic carbocycles. The number of fused-ring (bicyclic) bond motifs is 9. The van der Waals surface area contributed by atoms with Crippen molar-refractivity contribution < 1.29 is 4.42 Å². The van der Waals surface area contributed by atoms with Crippen LogP contribution in [0.4, 0.5) is 0 Å². The van der Waals surface area contributed by atoms with Gasteiger partial charge < -0.3 is 8.98 Å². The fourth-order valence-corrected chi connectivity index (χ4v) is 7.60. The minimum Gasteiger partial charge on any atom is -0.453 e. The number of benzene rings is 5. The molecule has 7 nitrogen and oxygen atoms in total. The summed E-state index contributed by atoms with van der Waals surface area (Å²) in [5.74, 6) is 0. The number of hydrogen-bond acceptors (Lipinski definition) is 5. The van der Waals surface area contributed by atoms with E-state index in [0.29, 0.717) is 0 Å². The molecule has 6 heterocycles. The van der Waals surface area contributed by atoms with Gasteiger partial charge in [-0.05, 0) is 60.7 Å². The van der Waals surface area contributed by atoms with E-state index >= 15 is 0 Å². The first-order valence-electron chi connectivity index (χ1n) is 16.9. The number of hydrogen-bond donors (Lipinski definition) is 0. The Balaban J connectivity index is 1.07. The van der Waals surface area contributed by atoms with E-state index in [-0.39, 0.29) is 0 Å². The predicted molar refractivity (Wildman–Crippen MR) is 204 cm³/mol. The maximum atomic E-state index is 6.26. The zero-order valence-corrected chi connectivity index (χ0v) is 27.1. The molecule has 51 heavy (non-hydrogen) atoms. The molecule has 0 N–H and O–H groups in total. The molecule has 6 aromatic heterocycles.